The zero-order valence-corrected chi connectivity index (χ0v) is 14.3. The molecule has 2 rings (SSSR count). The monoisotopic (exact) mass is 370 g/mol. The number of hydrogen-bond acceptors (Lipinski definition) is 6. The van der Waals surface area contributed by atoms with Crippen molar-refractivity contribution in [3.8, 4) is 0 Å². The molecule has 0 spiro atoms. The minimum atomic E-state index is 0.435. The Morgan fingerprint density at radius 1 is 1.19 bits per heavy atom. The second kappa shape index (κ2) is 6.91. The van der Waals surface area contributed by atoms with E-state index in [1.165, 1.54) is 0 Å². The summed E-state index contributed by atoms with van der Waals surface area (Å²) in [5.74, 6) is 1.52. The maximum Gasteiger partial charge on any atom is 0.233 e. The molecule has 2 N–H and O–H groups in total. The summed E-state index contributed by atoms with van der Waals surface area (Å²) < 4.78 is 0.920. The summed E-state index contributed by atoms with van der Waals surface area (Å²) in [4.78, 5) is 14.8. The van der Waals surface area contributed by atoms with Crippen molar-refractivity contribution in [1.29, 1.82) is 0 Å². The summed E-state index contributed by atoms with van der Waals surface area (Å²) in [6.45, 7) is 2.71. The van der Waals surface area contributed by atoms with E-state index in [0.29, 0.717) is 22.9 Å². The highest BCUT2D eigenvalue weighted by Crippen LogP contribution is 2.28. The maximum atomic E-state index is 6.17. The summed E-state index contributed by atoms with van der Waals surface area (Å²) in [5, 5.41) is 6.79. The van der Waals surface area contributed by atoms with Crippen LogP contribution >= 0.6 is 27.5 Å². The van der Waals surface area contributed by atoms with Crippen molar-refractivity contribution in [3.63, 3.8) is 0 Å². The van der Waals surface area contributed by atoms with Gasteiger partial charge >= 0.3 is 0 Å². The molecular formula is C13H16BrClN6. The van der Waals surface area contributed by atoms with E-state index in [2.05, 4.69) is 41.5 Å². The first-order chi connectivity index (χ1) is 9.99. The van der Waals surface area contributed by atoms with Gasteiger partial charge in [-0.05, 0) is 25.1 Å². The molecule has 112 valence electrons. The minimum absolute atomic E-state index is 0.435. The Balaban J connectivity index is 2.36. The molecular weight excluding hydrogens is 356 g/mol. The van der Waals surface area contributed by atoms with Gasteiger partial charge in [-0.3, -0.25) is 0 Å². The Kier molecular flexibility index (Phi) is 5.19. The highest BCUT2D eigenvalue weighted by molar-refractivity contribution is 9.10. The fraction of sp³-hybridized carbons (Fsp3) is 0.308. The van der Waals surface area contributed by atoms with Crippen LogP contribution in [0.25, 0.3) is 0 Å². The summed E-state index contributed by atoms with van der Waals surface area (Å²) in [6.07, 6.45) is 0. The lowest BCUT2D eigenvalue weighted by atomic mass is 10.3. The molecule has 2 aromatic rings. The third-order valence-electron chi connectivity index (χ3n) is 2.53. The Morgan fingerprint density at radius 3 is 2.57 bits per heavy atom. The lowest BCUT2D eigenvalue weighted by Crippen LogP contribution is -2.16. The van der Waals surface area contributed by atoms with Crippen molar-refractivity contribution < 1.29 is 0 Å². The molecule has 1 aromatic carbocycles. The van der Waals surface area contributed by atoms with Gasteiger partial charge in [-0.1, -0.05) is 27.5 Å². The van der Waals surface area contributed by atoms with Crippen LogP contribution in [-0.4, -0.2) is 35.6 Å². The van der Waals surface area contributed by atoms with Crippen LogP contribution in [0.1, 0.15) is 6.92 Å². The highest BCUT2D eigenvalue weighted by Gasteiger charge is 2.09. The number of nitrogens with one attached hydrogen (secondary N) is 2. The van der Waals surface area contributed by atoms with Crippen molar-refractivity contribution in [1.82, 2.24) is 15.0 Å². The molecule has 0 aliphatic carbocycles. The van der Waals surface area contributed by atoms with Gasteiger partial charge in [0.25, 0.3) is 0 Å². The highest BCUT2D eigenvalue weighted by atomic mass is 79.9. The number of aromatic nitrogens is 3. The largest absolute Gasteiger partial charge is 0.354 e. The van der Waals surface area contributed by atoms with Gasteiger partial charge < -0.3 is 15.5 Å². The summed E-state index contributed by atoms with van der Waals surface area (Å²) in [6, 6.07) is 5.54. The van der Waals surface area contributed by atoms with Crippen molar-refractivity contribution in [2.45, 2.75) is 6.92 Å². The van der Waals surface area contributed by atoms with Gasteiger partial charge in [0.1, 0.15) is 0 Å². The van der Waals surface area contributed by atoms with Crippen molar-refractivity contribution >= 4 is 51.1 Å². The average Bonchev–Trinajstić information content (AvgIpc) is 2.43. The topological polar surface area (TPSA) is 66.0 Å². The molecule has 0 aliphatic heterocycles. The number of halogens is 2. The predicted octanol–water partition coefficient (Wildman–Crippen LogP) is 3.53. The van der Waals surface area contributed by atoms with Crippen LogP contribution in [0.4, 0.5) is 23.5 Å². The van der Waals surface area contributed by atoms with Gasteiger partial charge in [0.05, 0.1) is 10.7 Å². The van der Waals surface area contributed by atoms with E-state index in [9.17, 15) is 0 Å². The van der Waals surface area contributed by atoms with Crippen molar-refractivity contribution in [2.75, 3.05) is 36.2 Å². The predicted molar refractivity (Wildman–Crippen MR) is 90.8 cm³/mol. The van der Waals surface area contributed by atoms with E-state index in [1.54, 1.807) is 6.07 Å². The number of nitrogens with zero attached hydrogens (tertiary/aromatic N) is 4. The van der Waals surface area contributed by atoms with E-state index >= 15 is 0 Å². The molecule has 1 aromatic heterocycles. The molecule has 8 heteroatoms. The lowest BCUT2D eigenvalue weighted by molar-refractivity contribution is 0.953. The van der Waals surface area contributed by atoms with Crippen LogP contribution in [0.15, 0.2) is 22.7 Å². The maximum absolute atomic E-state index is 6.17. The molecule has 0 atom stereocenters. The van der Waals surface area contributed by atoms with Crippen LogP contribution in [0, 0.1) is 0 Å². The van der Waals surface area contributed by atoms with E-state index in [-0.39, 0.29) is 0 Å². The summed E-state index contributed by atoms with van der Waals surface area (Å²) >= 11 is 9.58. The second-order valence-electron chi connectivity index (χ2n) is 4.46. The minimum Gasteiger partial charge on any atom is -0.354 e. The van der Waals surface area contributed by atoms with Gasteiger partial charge in [-0.15, -0.1) is 0 Å². The fourth-order valence-electron chi connectivity index (χ4n) is 1.57. The van der Waals surface area contributed by atoms with Gasteiger partial charge in [0, 0.05) is 25.1 Å². The number of benzene rings is 1. The Morgan fingerprint density at radius 2 is 1.90 bits per heavy atom. The standard InChI is InChI=1S/C13H16BrClN6/c1-4-16-11-18-12(20-13(19-11)21(2)3)17-10-7-8(14)5-6-9(10)15/h5-7H,4H2,1-3H3,(H2,16,17,18,19,20). The van der Waals surface area contributed by atoms with Gasteiger partial charge in [-0.25, -0.2) is 0 Å². The van der Waals surface area contributed by atoms with E-state index in [1.807, 2.05) is 38.1 Å². The smallest absolute Gasteiger partial charge is 0.233 e. The lowest BCUT2D eigenvalue weighted by Gasteiger charge is -2.14. The molecule has 0 bridgehead atoms. The Bertz CT molecular complexity index is 634. The second-order valence-corrected chi connectivity index (χ2v) is 5.78. The fourth-order valence-corrected chi connectivity index (χ4v) is 2.10. The van der Waals surface area contributed by atoms with Crippen molar-refractivity contribution in [2.24, 2.45) is 0 Å². The number of rotatable bonds is 5. The molecule has 0 amide bonds. The zero-order chi connectivity index (χ0) is 15.4. The van der Waals surface area contributed by atoms with Gasteiger partial charge in [0.15, 0.2) is 0 Å². The normalized spacial score (nSPS) is 10.3. The van der Waals surface area contributed by atoms with Crippen molar-refractivity contribution in [3.05, 3.63) is 27.7 Å². The Labute approximate surface area is 137 Å². The number of anilines is 4. The Hall–Kier alpha value is -1.60. The first kappa shape index (κ1) is 15.8. The molecule has 6 nitrogen and oxygen atoms in total. The SMILES string of the molecule is CCNc1nc(Nc2cc(Br)ccc2Cl)nc(N(C)C)n1. The summed E-state index contributed by atoms with van der Waals surface area (Å²) in [5.41, 5.74) is 0.726. The molecule has 1 heterocycles. The first-order valence-electron chi connectivity index (χ1n) is 6.39. The molecule has 0 aliphatic rings. The van der Waals surface area contributed by atoms with E-state index in [4.69, 9.17) is 11.6 Å². The van der Waals surface area contributed by atoms with Crippen LogP contribution in [0.3, 0.4) is 0 Å². The van der Waals surface area contributed by atoms with Gasteiger partial charge in [0.2, 0.25) is 17.8 Å². The van der Waals surface area contributed by atoms with E-state index in [0.717, 1.165) is 16.7 Å². The van der Waals surface area contributed by atoms with Crippen LogP contribution in [-0.2, 0) is 0 Å². The van der Waals surface area contributed by atoms with Crippen LogP contribution in [0.5, 0.6) is 0 Å². The van der Waals surface area contributed by atoms with Crippen LogP contribution in [0.2, 0.25) is 5.02 Å². The quantitative estimate of drug-likeness (QED) is 0.838. The molecule has 0 fully saturated rings. The molecule has 0 radical (unpaired) electrons. The number of hydrogen-bond donors (Lipinski definition) is 2. The zero-order valence-electron chi connectivity index (χ0n) is 12.0. The molecule has 21 heavy (non-hydrogen) atoms. The summed E-state index contributed by atoms with van der Waals surface area (Å²) in [7, 11) is 3.75. The third kappa shape index (κ3) is 4.18. The molecule has 0 saturated heterocycles. The van der Waals surface area contributed by atoms with Crippen LogP contribution < -0.4 is 15.5 Å². The third-order valence-corrected chi connectivity index (χ3v) is 3.36. The molecule has 0 unspecified atom stereocenters. The molecule has 0 saturated carbocycles. The van der Waals surface area contributed by atoms with Gasteiger partial charge in [-0.2, -0.15) is 15.0 Å². The first-order valence-corrected chi connectivity index (χ1v) is 7.56. The van der Waals surface area contributed by atoms with E-state index < -0.39 is 0 Å². The average molecular weight is 372 g/mol.